The molecule has 0 unspecified atom stereocenters. The summed E-state index contributed by atoms with van der Waals surface area (Å²) in [5.74, 6) is 0.900. The van der Waals surface area contributed by atoms with Crippen molar-refractivity contribution in [1.29, 1.82) is 0 Å². The summed E-state index contributed by atoms with van der Waals surface area (Å²) in [6, 6.07) is 7.82. The van der Waals surface area contributed by atoms with Gasteiger partial charge >= 0.3 is 0 Å². The summed E-state index contributed by atoms with van der Waals surface area (Å²) >= 11 is 0. The number of hydrogen-bond donors (Lipinski definition) is 1. The Balaban J connectivity index is 0.00000121. The van der Waals surface area contributed by atoms with Gasteiger partial charge in [0.25, 0.3) is 0 Å². The first-order valence-corrected chi connectivity index (χ1v) is 3.79. The van der Waals surface area contributed by atoms with E-state index in [2.05, 4.69) is 0 Å². The van der Waals surface area contributed by atoms with Crippen LogP contribution in [0.1, 0.15) is 12.5 Å². The fourth-order valence-electron chi connectivity index (χ4n) is 0.969. The van der Waals surface area contributed by atoms with E-state index < -0.39 is 0 Å². The fraction of sp³-hybridized carbons (Fsp3) is 0.333. The molecular weight excluding hydrogens is 174 g/mol. The Bertz CT molecular complexity index is 228. The number of rotatable bonds is 3. The lowest BCUT2D eigenvalue weighted by molar-refractivity contribution is 0.336. The summed E-state index contributed by atoms with van der Waals surface area (Å²) < 4.78 is 5.35. The lowest BCUT2D eigenvalue weighted by Gasteiger charge is -2.06. The molecule has 12 heavy (non-hydrogen) atoms. The van der Waals surface area contributed by atoms with E-state index in [1.165, 1.54) is 0 Å². The average Bonchev–Trinajstić information content (AvgIpc) is 2.06. The average molecular weight is 188 g/mol. The Morgan fingerprint density at radius 1 is 1.33 bits per heavy atom. The predicted molar refractivity (Wildman–Crippen MR) is 52.8 cm³/mol. The summed E-state index contributed by atoms with van der Waals surface area (Å²) in [4.78, 5) is 0. The zero-order valence-electron chi connectivity index (χ0n) is 7.12. The van der Waals surface area contributed by atoms with Crippen molar-refractivity contribution in [2.24, 2.45) is 5.73 Å². The van der Waals surface area contributed by atoms with Crippen LogP contribution in [0.15, 0.2) is 24.3 Å². The number of ether oxygens (including phenoxy) is 1. The second kappa shape index (κ2) is 5.86. The molecule has 0 heterocycles. The van der Waals surface area contributed by atoms with Crippen molar-refractivity contribution < 1.29 is 4.74 Å². The monoisotopic (exact) mass is 187 g/mol. The number of nitrogens with two attached hydrogens (primary N) is 1. The molecule has 0 fully saturated rings. The number of halogens is 1. The van der Waals surface area contributed by atoms with Gasteiger partial charge in [-0.2, -0.15) is 0 Å². The standard InChI is InChI=1S/C9H13NO.ClH/c1-2-11-9-6-4-3-5-8(9)7-10;/h3-6H,2,7,10H2,1H3;1H. The highest BCUT2D eigenvalue weighted by atomic mass is 35.5. The van der Waals surface area contributed by atoms with E-state index in [1.807, 2.05) is 31.2 Å². The quantitative estimate of drug-likeness (QED) is 0.786. The summed E-state index contributed by atoms with van der Waals surface area (Å²) in [6.45, 7) is 3.19. The van der Waals surface area contributed by atoms with Gasteiger partial charge in [-0.25, -0.2) is 0 Å². The molecule has 0 bridgehead atoms. The first kappa shape index (κ1) is 11.3. The maximum absolute atomic E-state index is 5.50. The van der Waals surface area contributed by atoms with E-state index in [0.29, 0.717) is 13.2 Å². The smallest absolute Gasteiger partial charge is 0.123 e. The first-order valence-electron chi connectivity index (χ1n) is 3.79. The molecule has 0 atom stereocenters. The van der Waals surface area contributed by atoms with Gasteiger partial charge < -0.3 is 10.5 Å². The lowest BCUT2D eigenvalue weighted by Crippen LogP contribution is -2.01. The van der Waals surface area contributed by atoms with Gasteiger partial charge in [0, 0.05) is 12.1 Å². The van der Waals surface area contributed by atoms with E-state index in [4.69, 9.17) is 10.5 Å². The molecule has 0 aliphatic heterocycles. The topological polar surface area (TPSA) is 35.2 Å². The van der Waals surface area contributed by atoms with Gasteiger partial charge in [0.2, 0.25) is 0 Å². The molecule has 0 saturated carbocycles. The number of benzene rings is 1. The SMILES string of the molecule is CCOc1ccccc1CN.Cl. The zero-order valence-corrected chi connectivity index (χ0v) is 7.93. The number of para-hydroxylation sites is 1. The molecule has 0 aliphatic rings. The van der Waals surface area contributed by atoms with Crippen LogP contribution in [0, 0.1) is 0 Å². The van der Waals surface area contributed by atoms with Gasteiger partial charge in [0.1, 0.15) is 5.75 Å². The van der Waals surface area contributed by atoms with Crippen molar-refractivity contribution in [3.05, 3.63) is 29.8 Å². The molecule has 0 spiro atoms. The van der Waals surface area contributed by atoms with E-state index in [-0.39, 0.29) is 12.4 Å². The van der Waals surface area contributed by atoms with Gasteiger partial charge in [0.15, 0.2) is 0 Å². The molecule has 0 saturated heterocycles. The minimum Gasteiger partial charge on any atom is -0.494 e. The summed E-state index contributed by atoms with van der Waals surface area (Å²) in [6.07, 6.45) is 0. The lowest BCUT2D eigenvalue weighted by atomic mass is 10.2. The molecule has 2 N–H and O–H groups in total. The highest BCUT2D eigenvalue weighted by Crippen LogP contribution is 2.16. The van der Waals surface area contributed by atoms with Crippen LogP contribution < -0.4 is 10.5 Å². The Hall–Kier alpha value is -0.730. The zero-order chi connectivity index (χ0) is 8.10. The summed E-state index contributed by atoms with van der Waals surface area (Å²) in [5.41, 5.74) is 6.57. The van der Waals surface area contributed by atoms with Crippen molar-refractivity contribution in [2.45, 2.75) is 13.5 Å². The van der Waals surface area contributed by atoms with E-state index in [0.717, 1.165) is 11.3 Å². The van der Waals surface area contributed by atoms with Gasteiger partial charge in [-0.3, -0.25) is 0 Å². The first-order chi connectivity index (χ1) is 5.38. The molecule has 1 aromatic carbocycles. The predicted octanol–water partition coefficient (Wildman–Crippen LogP) is 1.97. The van der Waals surface area contributed by atoms with Crippen molar-refractivity contribution in [2.75, 3.05) is 6.61 Å². The fourth-order valence-corrected chi connectivity index (χ4v) is 0.969. The number of hydrogen-bond acceptors (Lipinski definition) is 2. The van der Waals surface area contributed by atoms with Crippen LogP contribution in [0.2, 0.25) is 0 Å². The highest BCUT2D eigenvalue weighted by Gasteiger charge is 1.97. The van der Waals surface area contributed by atoms with Crippen LogP contribution in [-0.4, -0.2) is 6.61 Å². The van der Waals surface area contributed by atoms with E-state index >= 15 is 0 Å². The molecule has 0 aliphatic carbocycles. The largest absolute Gasteiger partial charge is 0.494 e. The molecule has 0 radical (unpaired) electrons. The van der Waals surface area contributed by atoms with Crippen LogP contribution in [0.25, 0.3) is 0 Å². The van der Waals surface area contributed by atoms with Gasteiger partial charge in [-0.1, -0.05) is 18.2 Å². The van der Waals surface area contributed by atoms with Crippen LogP contribution in [0.3, 0.4) is 0 Å². The Morgan fingerprint density at radius 3 is 2.58 bits per heavy atom. The molecule has 3 heteroatoms. The van der Waals surface area contributed by atoms with Gasteiger partial charge in [-0.05, 0) is 13.0 Å². The van der Waals surface area contributed by atoms with Crippen LogP contribution in [-0.2, 0) is 6.54 Å². The second-order valence-corrected chi connectivity index (χ2v) is 2.24. The third-order valence-corrected chi connectivity index (χ3v) is 1.49. The van der Waals surface area contributed by atoms with E-state index in [1.54, 1.807) is 0 Å². The Morgan fingerprint density at radius 2 is 2.00 bits per heavy atom. The normalized spacial score (nSPS) is 8.83. The maximum atomic E-state index is 5.50. The van der Waals surface area contributed by atoms with Gasteiger partial charge in [-0.15, -0.1) is 12.4 Å². The molecule has 0 aromatic heterocycles. The summed E-state index contributed by atoms with van der Waals surface area (Å²) in [7, 11) is 0. The Kier molecular flexibility index (Phi) is 5.51. The van der Waals surface area contributed by atoms with Gasteiger partial charge in [0.05, 0.1) is 6.61 Å². The highest BCUT2D eigenvalue weighted by molar-refractivity contribution is 5.85. The van der Waals surface area contributed by atoms with E-state index in [9.17, 15) is 0 Å². The Labute approximate surface area is 79.1 Å². The second-order valence-electron chi connectivity index (χ2n) is 2.24. The summed E-state index contributed by atoms with van der Waals surface area (Å²) in [5, 5.41) is 0. The third kappa shape index (κ3) is 2.72. The van der Waals surface area contributed by atoms with Crippen molar-refractivity contribution in [1.82, 2.24) is 0 Å². The molecule has 1 rings (SSSR count). The van der Waals surface area contributed by atoms with Crippen molar-refractivity contribution in [3.8, 4) is 5.75 Å². The third-order valence-electron chi connectivity index (χ3n) is 1.49. The molecular formula is C9H14ClNO. The molecule has 2 nitrogen and oxygen atoms in total. The van der Waals surface area contributed by atoms with Crippen LogP contribution in [0.5, 0.6) is 5.75 Å². The van der Waals surface area contributed by atoms with Crippen LogP contribution >= 0.6 is 12.4 Å². The van der Waals surface area contributed by atoms with Crippen molar-refractivity contribution >= 4 is 12.4 Å². The minimum absolute atomic E-state index is 0. The molecule has 68 valence electrons. The van der Waals surface area contributed by atoms with Crippen molar-refractivity contribution in [3.63, 3.8) is 0 Å². The minimum atomic E-state index is 0. The molecule has 1 aromatic rings. The van der Waals surface area contributed by atoms with Crippen LogP contribution in [0.4, 0.5) is 0 Å². The molecule has 0 amide bonds. The maximum Gasteiger partial charge on any atom is 0.123 e.